The van der Waals surface area contributed by atoms with Gasteiger partial charge in [-0.15, -0.1) is 0 Å². The number of rotatable bonds is 2. The molecule has 1 amide bonds. The van der Waals surface area contributed by atoms with Crippen LogP contribution in [0.3, 0.4) is 0 Å². The quantitative estimate of drug-likeness (QED) is 0.891. The number of amides is 1. The highest BCUT2D eigenvalue weighted by Gasteiger charge is 2.54. The lowest BCUT2D eigenvalue weighted by atomic mass is 10.0. The van der Waals surface area contributed by atoms with Crippen LogP contribution < -0.4 is 11.1 Å². The Morgan fingerprint density at radius 3 is 2.29 bits per heavy atom. The van der Waals surface area contributed by atoms with Crippen LogP contribution >= 0.6 is 11.6 Å². The molecule has 1 atom stereocenters. The number of para-hydroxylation sites is 2. The first-order valence-electron chi connectivity index (χ1n) is 5.72. The number of nitrogens with zero attached hydrogens (tertiary/aromatic N) is 2. The minimum absolute atomic E-state index is 0.222. The molecule has 9 heteroatoms. The summed E-state index contributed by atoms with van der Waals surface area (Å²) in [6, 6.07) is 6.58. The van der Waals surface area contributed by atoms with Gasteiger partial charge < -0.3 is 11.1 Å². The van der Waals surface area contributed by atoms with Gasteiger partial charge in [-0.1, -0.05) is 23.7 Å². The van der Waals surface area contributed by atoms with Crippen LogP contribution in [0.15, 0.2) is 24.3 Å². The highest BCUT2D eigenvalue weighted by Crippen LogP contribution is 2.30. The number of nitrogens with one attached hydrogen (secondary N) is 1. The number of alkyl halides is 3. The lowest BCUT2D eigenvalue weighted by Gasteiger charge is -2.25. The van der Waals surface area contributed by atoms with Gasteiger partial charge in [-0.2, -0.15) is 13.2 Å². The zero-order valence-corrected chi connectivity index (χ0v) is 11.5. The molecule has 2 aromatic rings. The Balaban J connectivity index is 2.36. The first-order valence-corrected chi connectivity index (χ1v) is 6.10. The highest BCUT2D eigenvalue weighted by atomic mass is 35.5. The van der Waals surface area contributed by atoms with E-state index >= 15 is 0 Å². The molecule has 0 bridgehead atoms. The van der Waals surface area contributed by atoms with Crippen molar-refractivity contribution in [1.82, 2.24) is 9.97 Å². The summed E-state index contributed by atoms with van der Waals surface area (Å²) in [5, 5.41) is 1.74. The Morgan fingerprint density at radius 2 is 1.76 bits per heavy atom. The van der Waals surface area contributed by atoms with Gasteiger partial charge in [-0.25, -0.2) is 9.97 Å². The van der Waals surface area contributed by atoms with Crippen LogP contribution in [0.1, 0.15) is 6.92 Å². The molecule has 0 aliphatic carbocycles. The van der Waals surface area contributed by atoms with Crippen molar-refractivity contribution in [2.45, 2.75) is 18.6 Å². The zero-order valence-electron chi connectivity index (χ0n) is 10.7. The van der Waals surface area contributed by atoms with Crippen molar-refractivity contribution in [3.63, 3.8) is 0 Å². The topological polar surface area (TPSA) is 80.9 Å². The van der Waals surface area contributed by atoms with Crippen molar-refractivity contribution in [3.05, 3.63) is 29.4 Å². The van der Waals surface area contributed by atoms with E-state index in [0.717, 1.165) is 0 Å². The zero-order chi connectivity index (χ0) is 15.8. The van der Waals surface area contributed by atoms with E-state index in [1.54, 1.807) is 24.3 Å². The SMILES string of the molecule is CC(N)(C(=O)Nc1nc2ccccc2nc1Cl)C(F)(F)F. The van der Waals surface area contributed by atoms with E-state index in [9.17, 15) is 18.0 Å². The Kier molecular flexibility index (Phi) is 3.77. The smallest absolute Gasteiger partial charge is 0.310 e. The lowest BCUT2D eigenvalue weighted by molar-refractivity contribution is -0.184. The summed E-state index contributed by atoms with van der Waals surface area (Å²) in [5.41, 5.74) is 2.78. The third-order valence-corrected chi connectivity index (χ3v) is 3.08. The van der Waals surface area contributed by atoms with Gasteiger partial charge in [0.05, 0.1) is 11.0 Å². The van der Waals surface area contributed by atoms with E-state index in [4.69, 9.17) is 17.3 Å². The van der Waals surface area contributed by atoms with Gasteiger partial charge in [0.15, 0.2) is 16.5 Å². The van der Waals surface area contributed by atoms with E-state index < -0.39 is 17.6 Å². The molecule has 5 nitrogen and oxygen atoms in total. The van der Waals surface area contributed by atoms with E-state index in [-0.39, 0.29) is 11.0 Å². The second-order valence-electron chi connectivity index (χ2n) is 4.51. The van der Waals surface area contributed by atoms with Crippen molar-refractivity contribution in [2.75, 3.05) is 5.32 Å². The standard InChI is InChI=1S/C12H10ClF3N4O/c1-11(17,12(14,15)16)10(21)20-9-8(13)18-6-4-2-3-5-7(6)19-9/h2-5H,17H2,1H3,(H,19,20,21). The molecular formula is C12H10ClF3N4O. The molecule has 0 saturated heterocycles. The van der Waals surface area contributed by atoms with Gasteiger partial charge in [0.1, 0.15) is 0 Å². The molecule has 2 rings (SSSR count). The van der Waals surface area contributed by atoms with Crippen LogP contribution in [0.2, 0.25) is 5.15 Å². The molecule has 0 radical (unpaired) electrons. The molecule has 0 saturated carbocycles. The Morgan fingerprint density at radius 1 is 1.24 bits per heavy atom. The first-order chi connectivity index (χ1) is 9.63. The maximum absolute atomic E-state index is 12.7. The van der Waals surface area contributed by atoms with Gasteiger partial charge in [-0.3, -0.25) is 4.79 Å². The van der Waals surface area contributed by atoms with Crippen molar-refractivity contribution >= 4 is 34.4 Å². The summed E-state index contributed by atoms with van der Waals surface area (Å²) < 4.78 is 38.1. The molecule has 1 unspecified atom stereocenters. The number of fused-ring (bicyclic) bond motifs is 1. The summed E-state index contributed by atoms with van der Waals surface area (Å²) in [7, 11) is 0. The second kappa shape index (κ2) is 5.12. The molecule has 3 N–H and O–H groups in total. The summed E-state index contributed by atoms with van der Waals surface area (Å²) in [5.74, 6) is -1.75. The van der Waals surface area contributed by atoms with Crippen LogP contribution in [0.5, 0.6) is 0 Å². The molecular weight excluding hydrogens is 309 g/mol. The van der Waals surface area contributed by atoms with E-state index in [2.05, 4.69) is 9.97 Å². The van der Waals surface area contributed by atoms with Crippen molar-refractivity contribution in [3.8, 4) is 0 Å². The minimum Gasteiger partial charge on any atom is -0.310 e. The molecule has 0 aliphatic rings. The third-order valence-electron chi connectivity index (χ3n) is 2.82. The highest BCUT2D eigenvalue weighted by molar-refractivity contribution is 6.32. The summed E-state index contributed by atoms with van der Waals surface area (Å²) >= 11 is 5.80. The first kappa shape index (κ1) is 15.5. The van der Waals surface area contributed by atoms with Gasteiger partial charge in [0.2, 0.25) is 0 Å². The molecule has 0 aliphatic heterocycles. The van der Waals surface area contributed by atoms with E-state index in [1.165, 1.54) is 0 Å². The van der Waals surface area contributed by atoms with Crippen LogP contribution in [0.25, 0.3) is 11.0 Å². The molecule has 0 fully saturated rings. The average Bonchev–Trinajstić information content (AvgIpc) is 2.38. The fraction of sp³-hybridized carbons (Fsp3) is 0.250. The van der Waals surface area contributed by atoms with Gasteiger partial charge >= 0.3 is 6.18 Å². The number of anilines is 1. The molecule has 1 heterocycles. The summed E-state index contributed by atoms with van der Waals surface area (Å²) in [4.78, 5) is 19.6. The molecule has 21 heavy (non-hydrogen) atoms. The lowest BCUT2D eigenvalue weighted by Crippen LogP contribution is -2.59. The number of aromatic nitrogens is 2. The monoisotopic (exact) mass is 318 g/mol. The van der Waals surface area contributed by atoms with Crippen LogP contribution in [-0.4, -0.2) is 27.6 Å². The van der Waals surface area contributed by atoms with Crippen LogP contribution in [0, 0.1) is 0 Å². The summed E-state index contributed by atoms with van der Waals surface area (Å²) in [6.07, 6.45) is -4.91. The normalized spacial score (nSPS) is 14.8. The number of hydrogen-bond donors (Lipinski definition) is 2. The maximum Gasteiger partial charge on any atom is 0.415 e. The van der Waals surface area contributed by atoms with E-state index in [1.807, 2.05) is 5.32 Å². The number of nitrogens with two attached hydrogens (primary N) is 1. The van der Waals surface area contributed by atoms with Gasteiger partial charge in [0, 0.05) is 0 Å². The number of benzene rings is 1. The molecule has 1 aromatic heterocycles. The van der Waals surface area contributed by atoms with Crippen molar-refractivity contribution in [1.29, 1.82) is 0 Å². The fourth-order valence-electron chi connectivity index (χ4n) is 1.42. The summed E-state index contributed by atoms with van der Waals surface area (Å²) in [6.45, 7) is 0.560. The maximum atomic E-state index is 12.7. The fourth-order valence-corrected chi connectivity index (χ4v) is 1.60. The molecule has 0 spiro atoms. The van der Waals surface area contributed by atoms with Gasteiger partial charge in [0.25, 0.3) is 5.91 Å². The van der Waals surface area contributed by atoms with Crippen molar-refractivity contribution < 1.29 is 18.0 Å². The number of carbonyl (C=O) groups is 1. The third kappa shape index (κ3) is 2.91. The number of halogens is 4. The molecule has 112 valence electrons. The van der Waals surface area contributed by atoms with Crippen LogP contribution in [0.4, 0.5) is 19.0 Å². The predicted octanol–water partition coefficient (Wildman–Crippen LogP) is 2.50. The average molecular weight is 319 g/mol. The Labute approximate surface area is 122 Å². The number of hydrogen-bond acceptors (Lipinski definition) is 4. The van der Waals surface area contributed by atoms with Gasteiger partial charge in [-0.05, 0) is 19.1 Å². The minimum atomic E-state index is -4.91. The largest absolute Gasteiger partial charge is 0.415 e. The Hall–Kier alpha value is -1.93. The Bertz CT molecular complexity index is 702. The second-order valence-corrected chi connectivity index (χ2v) is 4.86. The van der Waals surface area contributed by atoms with E-state index in [0.29, 0.717) is 18.0 Å². The molecule has 1 aromatic carbocycles. The van der Waals surface area contributed by atoms with Crippen molar-refractivity contribution in [2.24, 2.45) is 5.73 Å². The predicted molar refractivity (Wildman–Crippen MR) is 71.8 cm³/mol. The van der Waals surface area contributed by atoms with Crippen LogP contribution in [-0.2, 0) is 4.79 Å². The number of carbonyl (C=O) groups excluding carboxylic acids is 1.